The predicted octanol–water partition coefficient (Wildman–Crippen LogP) is 25.5. The molecule has 11 aromatic rings. The maximum atomic E-state index is 14.9. The number of esters is 3. The van der Waals surface area contributed by atoms with Crippen molar-refractivity contribution in [3.05, 3.63) is 257 Å². The van der Waals surface area contributed by atoms with Crippen molar-refractivity contribution in [2.75, 3.05) is 9.80 Å². The molecule has 3 aromatic carbocycles. The van der Waals surface area contributed by atoms with Crippen LogP contribution in [0.25, 0.3) is 39.8 Å². The first kappa shape index (κ1) is 114. The Morgan fingerprint density at radius 3 is 1.11 bits per heavy atom. The largest absolute Gasteiger partial charge is 0.481 e. The van der Waals surface area contributed by atoms with Crippen LogP contribution in [0.15, 0.2) is 149 Å². The van der Waals surface area contributed by atoms with Gasteiger partial charge in [0.25, 0.3) is 0 Å². The van der Waals surface area contributed by atoms with E-state index in [2.05, 4.69) is 93.5 Å². The Morgan fingerprint density at radius 2 is 0.787 bits per heavy atom. The number of amides is 3. The molecule has 20 rings (SSSR count). The highest BCUT2D eigenvalue weighted by Crippen LogP contribution is 2.53. The minimum atomic E-state index is -1.02. The van der Waals surface area contributed by atoms with Crippen molar-refractivity contribution in [1.29, 1.82) is 0 Å². The summed E-state index contributed by atoms with van der Waals surface area (Å²) in [4.78, 5) is 117. The van der Waals surface area contributed by atoms with E-state index in [1.54, 1.807) is 127 Å². The second-order valence-electron chi connectivity index (χ2n) is 40.4. The molecule has 29 nitrogen and oxygen atoms in total. The average Bonchev–Trinajstić information content (AvgIpc) is 1.60. The molecule has 150 heavy (non-hydrogen) atoms. The number of benzene rings is 3. The quantitative estimate of drug-likeness (QED) is 0.0144. The fraction of sp³-hybridized carbons (Fsp3) is 0.421. The lowest BCUT2D eigenvalue weighted by Gasteiger charge is -2.31. The van der Waals surface area contributed by atoms with Crippen LogP contribution < -0.4 is 15.1 Å². The Hall–Kier alpha value is -10.6. The Balaban J connectivity index is 0.000000142. The number of carbonyl (C=O) groups excluding carboxylic acids is 7. The molecule has 11 heterocycles. The van der Waals surface area contributed by atoms with Crippen molar-refractivity contribution in [2.24, 2.45) is 17.8 Å². The molecule has 9 atom stereocenters. The van der Waals surface area contributed by atoms with E-state index in [1.807, 2.05) is 0 Å². The van der Waals surface area contributed by atoms with Crippen LogP contribution in [-0.2, 0) is 101 Å². The van der Waals surface area contributed by atoms with Gasteiger partial charge in [-0.2, -0.15) is 0 Å². The predicted molar refractivity (Wildman–Crippen MR) is 559 cm³/mol. The van der Waals surface area contributed by atoms with Gasteiger partial charge >= 0.3 is 23.9 Å². The van der Waals surface area contributed by atoms with Crippen LogP contribution >= 0.6 is 117 Å². The van der Waals surface area contributed by atoms with Gasteiger partial charge in [-0.3, -0.25) is 53.5 Å². The maximum Gasteiger partial charge on any atom is 0.331 e. The van der Waals surface area contributed by atoms with Gasteiger partial charge in [0.2, 0.25) is 17.7 Å². The van der Waals surface area contributed by atoms with Gasteiger partial charge in [0.15, 0.2) is 12.1 Å². The molecule has 0 radical (unpaired) electrons. The molecule has 0 spiro atoms. The van der Waals surface area contributed by atoms with Crippen molar-refractivity contribution < 1.29 is 107 Å². The third-order valence-electron chi connectivity index (χ3n) is 25.6. The number of carboxylic acid groups (broad SMARTS) is 1. The first-order chi connectivity index (χ1) is 71.2. The number of pyridine rings is 5. The molecule has 43 heteroatoms. The van der Waals surface area contributed by atoms with E-state index in [0.717, 1.165) is 91.4 Å². The van der Waals surface area contributed by atoms with E-state index in [9.17, 15) is 60.3 Å². The number of nitrogens with one attached hydrogen (secondary N) is 1. The van der Waals surface area contributed by atoms with Crippen molar-refractivity contribution in [1.82, 2.24) is 45.7 Å². The number of aliphatic carboxylic acids is 1. The van der Waals surface area contributed by atoms with Gasteiger partial charge in [-0.1, -0.05) is 103 Å². The molecule has 8 aromatic heterocycles. The molecule has 3 aliphatic heterocycles. The highest BCUT2D eigenvalue weighted by Gasteiger charge is 2.55. The molecular formula is C107H105Br3Cl6F5N11O18. The van der Waals surface area contributed by atoms with Crippen molar-refractivity contribution in [2.45, 2.75) is 269 Å². The zero-order valence-corrected chi connectivity index (χ0v) is 91.9. The number of anilines is 2. The molecule has 2 N–H and O–H groups in total. The lowest BCUT2D eigenvalue weighted by molar-refractivity contribution is -0.155. The van der Waals surface area contributed by atoms with Crippen LogP contribution in [0.4, 0.5) is 33.3 Å². The number of nitrogens with zero attached hydrogens (tertiary/aromatic N) is 10. The summed E-state index contributed by atoms with van der Waals surface area (Å²) in [7, 11) is 0. The van der Waals surface area contributed by atoms with E-state index in [1.165, 1.54) is 67.4 Å². The van der Waals surface area contributed by atoms with Gasteiger partial charge in [0, 0.05) is 139 Å². The fourth-order valence-corrected chi connectivity index (χ4v) is 21.1. The second kappa shape index (κ2) is 49.3. The number of hydrogen-bond donors (Lipinski definition) is 2. The SMILES string of the molecule is CC(C)(C)OC(=O)C=Cc1ncc(Br)cc1F.CC(C)(C)OC(=O)CCc1ncc(Br)cc1F.CC(C)(C)OC(=O)CCc1ncc(N2C(=O)[C@@H]3C[C@H]2C[C@H]3OCc2c(-c3c(Cl)cccc3Cl)noc2C2CC2)cc1F.O=C(O)CCc1ncc(N2C(=O)[C@@H]3C[C@H]2C[C@H]3OCc2c(-c3c(Cl)cccc3Cl)noc2C2CC2)cc1F.O=C1N[C@@H]2C[C@@H](OCc3c(-c4c(Cl)cccc4Cl)noc3C3CC3)[C@H]1C2.O=Cc1ncc(Br)cc1F. The molecule has 0 unspecified atom stereocenters. The minimum absolute atomic E-state index is 0.00946. The summed E-state index contributed by atoms with van der Waals surface area (Å²) < 4.78 is 122. The molecule has 794 valence electrons. The van der Waals surface area contributed by atoms with Crippen LogP contribution in [0, 0.1) is 46.8 Å². The van der Waals surface area contributed by atoms with Gasteiger partial charge in [0.1, 0.15) is 80.1 Å². The fourth-order valence-electron chi connectivity index (χ4n) is 18.4. The monoisotopic (exact) mass is 2370 g/mol. The number of carbonyl (C=O) groups is 8. The minimum Gasteiger partial charge on any atom is -0.481 e. The number of halogens is 14. The Bertz CT molecular complexity index is 6860. The summed E-state index contributed by atoms with van der Waals surface area (Å²) in [5.74, 6) is -2.49. The number of aromatic nitrogens is 8. The number of aldehydes is 1. The molecule has 6 aliphatic carbocycles. The van der Waals surface area contributed by atoms with E-state index in [4.69, 9.17) is 117 Å². The lowest BCUT2D eigenvalue weighted by atomic mass is 10.0. The lowest BCUT2D eigenvalue weighted by Crippen LogP contribution is -2.43. The van der Waals surface area contributed by atoms with Crippen LogP contribution in [0.2, 0.25) is 30.1 Å². The van der Waals surface area contributed by atoms with Crippen LogP contribution in [0.5, 0.6) is 0 Å². The summed E-state index contributed by atoms with van der Waals surface area (Å²) >= 11 is 47.8. The van der Waals surface area contributed by atoms with Gasteiger partial charge < -0.3 is 62.2 Å². The number of fused-ring (bicyclic) bond motifs is 6. The highest BCUT2D eigenvalue weighted by atomic mass is 79.9. The highest BCUT2D eigenvalue weighted by molar-refractivity contribution is 9.11. The number of hydrogen-bond acceptors (Lipinski definition) is 25. The Labute approximate surface area is 915 Å². The number of aryl methyl sites for hydroxylation is 3. The first-order valence-corrected chi connectivity index (χ1v) is 53.2. The van der Waals surface area contributed by atoms with E-state index in [0.29, 0.717) is 133 Å². The summed E-state index contributed by atoms with van der Waals surface area (Å²) in [6.45, 7) is 16.8. The summed E-state index contributed by atoms with van der Waals surface area (Å²) in [5, 5.41) is 27.7. The number of rotatable bonds is 29. The topological polar surface area (TPSA) is 373 Å². The van der Waals surface area contributed by atoms with Crippen molar-refractivity contribution in [3.63, 3.8) is 0 Å². The van der Waals surface area contributed by atoms with Gasteiger partial charge in [0.05, 0.1) is 152 Å². The Morgan fingerprint density at radius 1 is 0.447 bits per heavy atom. The molecule has 9 fully saturated rings. The maximum absolute atomic E-state index is 14.9. The van der Waals surface area contributed by atoms with E-state index >= 15 is 0 Å². The van der Waals surface area contributed by atoms with Gasteiger partial charge in [-0.25, -0.2) is 31.7 Å². The third kappa shape index (κ3) is 29.1. The average molecular weight is 2380 g/mol. The van der Waals surface area contributed by atoms with Gasteiger partial charge in [-0.15, -0.1) is 0 Å². The zero-order valence-electron chi connectivity index (χ0n) is 82.6. The van der Waals surface area contributed by atoms with Crippen LogP contribution in [-0.4, -0.2) is 147 Å². The van der Waals surface area contributed by atoms with Crippen LogP contribution in [0.1, 0.15) is 244 Å². The number of piperidine rings is 3. The normalized spacial score (nSPS) is 19.8. The summed E-state index contributed by atoms with van der Waals surface area (Å²) in [5.41, 5.74) is 5.74. The molecule has 3 saturated heterocycles. The standard InChI is InChI=1S/C31H32Cl2FN3O5.C27H24Cl2FN3O5.C19H18Cl2N2O3.C12H15BrFNO2.C12H13BrFNO2.C6H3BrFNO/c1-31(2,3)41-26(38)10-9-24-23(34)12-18(14-35-24)37-17-11-19(30(37)39)25(13-17)40-15-20-28(36-42-29(20)16-7-8-16)27-21(32)5-4-6-22(27)33;28-18-2-1-3-19(29)24(18)25-17(26(38-32-25)13-4-5-13)12-37-22-10-14-8-16(22)27(36)33(14)15-9-20(30)21(31-11-15)6-7-23(34)35;20-13-2-1-3-14(21)16(13)17-12(18(26-23-17)9-4-5-9)8-25-15-7-10-6-11(15)19(24)22-10;2*1-12(2,3)17-11(16)5-4-10-9(14)6-8(13)7-15-10;7-4-1-5(8)6(3-10)9-2-4/h4-6,12,14,16-17,19,25H,7-11,13,15H2,1-3H3;1-3,9,11,13-14,16,22H,4-8,10,12H2,(H,34,35);1-3,9-11,15H,4-8H2,(H,22,24);6-7H,4-5H2,1-3H3;4-7H,1-3H3;1-3H/t17-,19+,25+;14-,16+,22+;10-,11+,15+;;;/m000.../s1. The summed E-state index contributed by atoms with van der Waals surface area (Å²) in [6.07, 6.45) is 20.2. The van der Waals surface area contributed by atoms with Crippen LogP contribution in [0.3, 0.4) is 0 Å². The van der Waals surface area contributed by atoms with E-state index < -0.39 is 63.8 Å². The van der Waals surface area contributed by atoms with Crippen molar-refractivity contribution >= 4 is 183 Å². The molecule has 9 aliphatic rings. The second-order valence-corrected chi connectivity index (χ2v) is 45.6. The van der Waals surface area contributed by atoms with Crippen molar-refractivity contribution in [3.8, 4) is 33.8 Å². The molecule has 6 saturated carbocycles. The first-order valence-electron chi connectivity index (χ1n) is 48.5. The molecule has 3 amide bonds. The molecule has 6 bridgehead atoms. The Kier molecular flexibility index (Phi) is 37.3. The summed E-state index contributed by atoms with van der Waals surface area (Å²) in [6, 6.07) is 22.3. The number of ether oxygens (including phenoxy) is 6. The molecular weight excluding hydrogens is 2270 g/mol. The zero-order chi connectivity index (χ0) is 108. The van der Waals surface area contributed by atoms with E-state index in [-0.39, 0.29) is 170 Å². The third-order valence-corrected chi connectivity index (χ3v) is 28.8. The van der Waals surface area contributed by atoms with Gasteiger partial charge in [-0.05, 0) is 248 Å². The smallest absolute Gasteiger partial charge is 0.331 e. The number of carboxylic acids is 1.